The molecule has 102 valence electrons. The molecular formula is C14H22O4. The molecule has 0 heterocycles. The first-order valence-corrected chi connectivity index (χ1v) is 6.07. The summed E-state index contributed by atoms with van der Waals surface area (Å²) in [6.45, 7) is 3.49. The van der Waals surface area contributed by atoms with Crippen LogP contribution >= 0.6 is 0 Å². The van der Waals surface area contributed by atoms with E-state index in [1.807, 2.05) is 6.92 Å². The maximum atomic E-state index is 11.5. The smallest absolute Gasteiger partial charge is 0.341 e. The Labute approximate surface area is 108 Å². The zero-order valence-electron chi connectivity index (χ0n) is 11.3. The molecule has 0 bridgehead atoms. The van der Waals surface area contributed by atoms with Gasteiger partial charge in [-0.1, -0.05) is 25.5 Å². The zero-order chi connectivity index (χ0) is 14.0. The lowest BCUT2D eigenvalue weighted by molar-refractivity contribution is -0.136. The maximum Gasteiger partial charge on any atom is 0.341 e. The van der Waals surface area contributed by atoms with E-state index in [9.17, 15) is 4.79 Å². The highest BCUT2D eigenvalue weighted by atomic mass is 16.5. The minimum absolute atomic E-state index is 0.326. The summed E-state index contributed by atoms with van der Waals surface area (Å²) in [5.41, 5.74) is 4.17. The first-order chi connectivity index (χ1) is 8.54. The third-order valence-corrected chi connectivity index (χ3v) is 2.32. The summed E-state index contributed by atoms with van der Waals surface area (Å²) in [6, 6.07) is 0. The molecule has 2 N–H and O–H groups in total. The fourth-order valence-corrected chi connectivity index (χ4v) is 1.29. The summed E-state index contributed by atoms with van der Waals surface area (Å²) in [6.07, 6.45) is 4.69. The average molecular weight is 254 g/mol. The molecule has 0 aliphatic rings. The van der Waals surface area contributed by atoms with Crippen molar-refractivity contribution in [2.45, 2.75) is 39.2 Å². The molecule has 4 heteroatoms. The molecule has 0 aliphatic carbocycles. The Morgan fingerprint density at radius 2 is 2.17 bits per heavy atom. The van der Waals surface area contributed by atoms with E-state index >= 15 is 0 Å². The van der Waals surface area contributed by atoms with Gasteiger partial charge in [0.05, 0.1) is 25.4 Å². The standard InChI is InChI=1S/C14H22O4/c1-4-5-6-12(14(17)18-3)9-11(2)7-8-13(16)10-15/h7-8,13,15-16H,4-6,10H2,1-3H3/b8-7+/t9?,13-/m1/s1. The van der Waals surface area contributed by atoms with E-state index in [1.54, 1.807) is 13.0 Å². The van der Waals surface area contributed by atoms with Crippen LogP contribution in [-0.4, -0.2) is 36.0 Å². The van der Waals surface area contributed by atoms with Crippen molar-refractivity contribution < 1.29 is 19.7 Å². The van der Waals surface area contributed by atoms with E-state index in [-0.39, 0.29) is 12.6 Å². The molecule has 0 unspecified atom stereocenters. The third-order valence-electron chi connectivity index (χ3n) is 2.32. The normalized spacial score (nSPS) is 12.1. The van der Waals surface area contributed by atoms with Crippen LogP contribution < -0.4 is 0 Å². The number of carbonyl (C=O) groups excluding carboxylic acids is 1. The summed E-state index contributed by atoms with van der Waals surface area (Å²) < 4.78 is 4.69. The lowest BCUT2D eigenvalue weighted by Crippen LogP contribution is -2.07. The van der Waals surface area contributed by atoms with Crippen molar-refractivity contribution in [1.29, 1.82) is 0 Å². The monoisotopic (exact) mass is 254 g/mol. The van der Waals surface area contributed by atoms with Crippen LogP contribution in [0.3, 0.4) is 0 Å². The van der Waals surface area contributed by atoms with Gasteiger partial charge in [-0.05, 0) is 25.3 Å². The van der Waals surface area contributed by atoms with E-state index < -0.39 is 6.10 Å². The number of unbranched alkanes of at least 4 members (excludes halogenated alkanes) is 1. The van der Waals surface area contributed by atoms with Gasteiger partial charge in [0.1, 0.15) is 0 Å². The summed E-state index contributed by atoms with van der Waals surface area (Å²) in [7, 11) is 1.34. The van der Waals surface area contributed by atoms with E-state index in [0.29, 0.717) is 17.6 Å². The lowest BCUT2D eigenvalue weighted by atomic mass is 10.1. The molecule has 1 atom stereocenters. The molecule has 0 aromatic heterocycles. The van der Waals surface area contributed by atoms with Crippen molar-refractivity contribution in [3.8, 4) is 0 Å². The Morgan fingerprint density at radius 3 is 2.67 bits per heavy atom. The number of aliphatic hydroxyl groups is 2. The molecule has 18 heavy (non-hydrogen) atoms. The van der Waals surface area contributed by atoms with Crippen LogP contribution in [0.25, 0.3) is 0 Å². The number of aliphatic hydroxyl groups excluding tert-OH is 2. The number of ether oxygens (including phenoxy) is 1. The second kappa shape index (κ2) is 9.66. The van der Waals surface area contributed by atoms with Gasteiger partial charge in [0, 0.05) is 0 Å². The van der Waals surface area contributed by atoms with Crippen LogP contribution in [0.5, 0.6) is 0 Å². The highest BCUT2D eigenvalue weighted by Gasteiger charge is 2.07. The average Bonchev–Trinajstić information content (AvgIpc) is 2.39. The van der Waals surface area contributed by atoms with Gasteiger partial charge in [-0.25, -0.2) is 4.79 Å². The van der Waals surface area contributed by atoms with Crippen LogP contribution in [0.4, 0.5) is 0 Å². The Hall–Kier alpha value is -1.35. The Bertz CT molecular complexity index is 349. The van der Waals surface area contributed by atoms with Crippen molar-refractivity contribution in [3.05, 3.63) is 29.0 Å². The van der Waals surface area contributed by atoms with Crippen LogP contribution in [0.1, 0.15) is 33.1 Å². The minimum atomic E-state index is -0.890. The number of rotatable bonds is 7. The maximum absolute atomic E-state index is 11.5. The topological polar surface area (TPSA) is 66.8 Å². The molecule has 0 aliphatic heterocycles. The second-order valence-corrected chi connectivity index (χ2v) is 3.99. The fraction of sp³-hybridized carbons (Fsp3) is 0.571. The summed E-state index contributed by atoms with van der Waals surface area (Å²) in [5.74, 6) is -0.376. The van der Waals surface area contributed by atoms with Crippen molar-refractivity contribution in [1.82, 2.24) is 0 Å². The van der Waals surface area contributed by atoms with Crippen LogP contribution in [0.15, 0.2) is 29.0 Å². The zero-order valence-corrected chi connectivity index (χ0v) is 11.3. The van der Waals surface area contributed by atoms with Crippen molar-refractivity contribution >= 4 is 5.97 Å². The number of esters is 1. The van der Waals surface area contributed by atoms with Gasteiger partial charge in [-0.15, -0.1) is 5.73 Å². The van der Waals surface area contributed by atoms with Crippen molar-refractivity contribution in [2.75, 3.05) is 13.7 Å². The molecule has 0 rings (SSSR count). The molecule has 0 amide bonds. The number of hydrogen-bond acceptors (Lipinski definition) is 4. The van der Waals surface area contributed by atoms with Gasteiger partial charge in [-0.2, -0.15) is 0 Å². The first-order valence-electron chi connectivity index (χ1n) is 6.07. The van der Waals surface area contributed by atoms with E-state index in [0.717, 1.165) is 12.8 Å². The van der Waals surface area contributed by atoms with Crippen molar-refractivity contribution in [3.63, 3.8) is 0 Å². The molecule has 0 saturated carbocycles. The minimum Gasteiger partial charge on any atom is -0.465 e. The van der Waals surface area contributed by atoms with Gasteiger partial charge < -0.3 is 14.9 Å². The second-order valence-electron chi connectivity index (χ2n) is 3.99. The van der Waals surface area contributed by atoms with Crippen LogP contribution in [0.2, 0.25) is 0 Å². The van der Waals surface area contributed by atoms with Gasteiger partial charge in [0.2, 0.25) is 0 Å². The number of hydrogen-bond donors (Lipinski definition) is 2. The largest absolute Gasteiger partial charge is 0.465 e. The molecule has 0 aromatic rings. The quantitative estimate of drug-likeness (QED) is 0.314. The molecule has 0 fully saturated rings. The predicted octanol–water partition coefficient (Wildman–Crippen LogP) is 1.73. The number of allylic oxidation sites excluding steroid dienone is 1. The Kier molecular flexibility index (Phi) is 8.93. The van der Waals surface area contributed by atoms with Crippen LogP contribution in [-0.2, 0) is 9.53 Å². The van der Waals surface area contributed by atoms with Gasteiger partial charge in [-0.3, -0.25) is 0 Å². The SMILES string of the molecule is CCCCC(=C=C(C)/C=C/[C@@H](O)CO)C(=O)OC. The summed E-state index contributed by atoms with van der Waals surface area (Å²) in [5, 5.41) is 17.8. The summed E-state index contributed by atoms with van der Waals surface area (Å²) in [4.78, 5) is 11.5. The van der Waals surface area contributed by atoms with E-state index in [2.05, 4.69) is 5.73 Å². The Morgan fingerprint density at radius 1 is 1.50 bits per heavy atom. The molecule has 0 aromatic carbocycles. The van der Waals surface area contributed by atoms with E-state index in [4.69, 9.17) is 14.9 Å². The highest BCUT2D eigenvalue weighted by molar-refractivity contribution is 5.88. The van der Waals surface area contributed by atoms with Gasteiger partial charge >= 0.3 is 5.97 Å². The number of carbonyl (C=O) groups is 1. The molecular weight excluding hydrogens is 232 g/mol. The molecule has 0 spiro atoms. The third kappa shape index (κ3) is 7.07. The Balaban J connectivity index is 4.97. The van der Waals surface area contributed by atoms with Gasteiger partial charge in [0.25, 0.3) is 0 Å². The predicted molar refractivity (Wildman–Crippen MR) is 70.0 cm³/mol. The van der Waals surface area contributed by atoms with E-state index in [1.165, 1.54) is 13.2 Å². The van der Waals surface area contributed by atoms with Gasteiger partial charge in [0.15, 0.2) is 0 Å². The molecule has 0 radical (unpaired) electrons. The summed E-state index contributed by atoms with van der Waals surface area (Å²) >= 11 is 0. The fourth-order valence-electron chi connectivity index (χ4n) is 1.29. The lowest BCUT2D eigenvalue weighted by Gasteiger charge is -2.02. The van der Waals surface area contributed by atoms with Crippen LogP contribution in [0, 0.1) is 0 Å². The molecule has 4 nitrogen and oxygen atoms in total. The first kappa shape index (κ1) is 16.6. The highest BCUT2D eigenvalue weighted by Crippen LogP contribution is 2.09. The number of methoxy groups -OCH3 is 1. The molecule has 0 saturated heterocycles. The van der Waals surface area contributed by atoms with Crippen molar-refractivity contribution in [2.24, 2.45) is 0 Å².